The molecule has 0 saturated heterocycles. The zero-order valence-electron chi connectivity index (χ0n) is 10.8. The Morgan fingerprint density at radius 2 is 1.73 bits per heavy atom. The van der Waals surface area contributed by atoms with Crippen molar-refractivity contribution in [2.24, 2.45) is 10.2 Å². The lowest BCUT2D eigenvalue weighted by atomic mass is 10.2. The van der Waals surface area contributed by atoms with Crippen LogP contribution in [0.4, 0.5) is 17.1 Å². The van der Waals surface area contributed by atoms with Crippen LogP contribution in [0.15, 0.2) is 45.5 Å². The maximum Gasteiger partial charge on any atom is 0.296 e. The van der Waals surface area contributed by atoms with E-state index in [4.69, 9.17) is 21.9 Å². The zero-order chi connectivity index (χ0) is 16.5. The molecule has 0 atom stereocenters. The van der Waals surface area contributed by atoms with Crippen LogP contribution in [0.3, 0.4) is 0 Å². The van der Waals surface area contributed by atoms with Gasteiger partial charge in [-0.25, -0.2) is 0 Å². The molecule has 10 heteroatoms. The van der Waals surface area contributed by atoms with Crippen molar-refractivity contribution in [2.45, 2.75) is 4.90 Å². The van der Waals surface area contributed by atoms with Gasteiger partial charge in [-0.2, -0.15) is 13.5 Å². The van der Waals surface area contributed by atoms with Crippen LogP contribution >= 0.6 is 11.6 Å². The molecule has 0 saturated carbocycles. The van der Waals surface area contributed by atoms with E-state index in [-0.39, 0.29) is 33.6 Å². The van der Waals surface area contributed by atoms with E-state index >= 15 is 0 Å². The van der Waals surface area contributed by atoms with E-state index in [1.54, 1.807) is 0 Å². The third-order valence-corrected chi connectivity index (χ3v) is 3.92. The quantitative estimate of drug-likeness (QED) is 0.221. The summed E-state index contributed by atoms with van der Waals surface area (Å²) in [5.74, 6) is -0.607. The van der Waals surface area contributed by atoms with Crippen molar-refractivity contribution in [1.82, 2.24) is 0 Å². The Labute approximate surface area is 130 Å². The van der Waals surface area contributed by atoms with E-state index in [2.05, 4.69) is 10.2 Å². The number of rotatable bonds is 3. The standard InChI is InChI=1S/C12H10ClN3O5S/c13-7-2-1-6(3-12(7)22(19,20)21)15-16-9-5-10(17)8(14)4-11(9)18/h1-5,17-18H,14H2,(H,19,20,21). The first kappa shape index (κ1) is 16.0. The van der Waals surface area contributed by atoms with Crippen LogP contribution < -0.4 is 5.73 Å². The first-order chi connectivity index (χ1) is 10.2. The zero-order valence-corrected chi connectivity index (χ0v) is 12.4. The molecule has 0 heterocycles. The predicted molar refractivity (Wildman–Crippen MR) is 79.6 cm³/mol. The number of hydrogen-bond acceptors (Lipinski definition) is 7. The number of phenols is 2. The molecule has 0 fully saturated rings. The molecule has 0 aliphatic carbocycles. The van der Waals surface area contributed by atoms with Gasteiger partial charge in [-0.05, 0) is 18.2 Å². The molecule has 22 heavy (non-hydrogen) atoms. The van der Waals surface area contributed by atoms with E-state index in [1.165, 1.54) is 12.1 Å². The average molecular weight is 344 g/mol. The lowest BCUT2D eigenvalue weighted by Gasteiger charge is -2.03. The minimum absolute atomic E-state index is 0.0309. The Morgan fingerprint density at radius 3 is 2.36 bits per heavy atom. The maximum absolute atomic E-state index is 11.1. The van der Waals surface area contributed by atoms with E-state index in [1.807, 2.05) is 0 Å². The molecular weight excluding hydrogens is 334 g/mol. The van der Waals surface area contributed by atoms with Gasteiger partial charge < -0.3 is 15.9 Å². The van der Waals surface area contributed by atoms with Crippen LogP contribution in [0, 0.1) is 0 Å². The Bertz CT molecular complexity index is 867. The van der Waals surface area contributed by atoms with Crippen molar-refractivity contribution in [2.75, 3.05) is 5.73 Å². The second-order valence-corrected chi connectivity index (χ2v) is 5.99. The summed E-state index contributed by atoms with van der Waals surface area (Å²) in [5, 5.41) is 26.3. The molecule has 8 nitrogen and oxygen atoms in total. The van der Waals surface area contributed by atoms with Gasteiger partial charge in [0.25, 0.3) is 10.1 Å². The highest BCUT2D eigenvalue weighted by atomic mass is 35.5. The minimum Gasteiger partial charge on any atom is -0.506 e. The van der Waals surface area contributed by atoms with Crippen LogP contribution in [0.25, 0.3) is 0 Å². The summed E-state index contributed by atoms with van der Waals surface area (Å²) in [6.45, 7) is 0. The minimum atomic E-state index is -4.50. The second-order valence-electron chi connectivity index (χ2n) is 4.19. The van der Waals surface area contributed by atoms with Crippen molar-refractivity contribution in [3.05, 3.63) is 35.4 Å². The number of benzene rings is 2. The number of nitrogens with two attached hydrogens (primary N) is 1. The number of hydrogen-bond donors (Lipinski definition) is 4. The molecule has 0 unspecified atom stereocenters. The molecule has 2 aromatic rings. The van der Waals surface area contributed by atoms with Crippen LogP contribution in [0.1, 0.15) is 0 Å². The Morgan fingerprint density at radius 1 is 1.05 bits per heavy atom. The lowest BCUT2D eigenvalue weighted by molar-refractivity contribution is 0.463. The molecule has 0 aromatic heterocycles. The summed E-state index contributed by atoms with van der Waals surface area (Å²) in [4.78, 5) is -0.519. The SMILES string of the molecule is Nc1cc(O)c(N=Nc2ccc(Cl)c(S(=O)(=O)O)c2)cc1O. The summed E-state index contributed by atoms with van der Waals surface area (Å²) in [6.07, 6.45) is 0. The van der Waals surface area contributed by atoms with Gasteiger partial charge in [0.15, 0.2) is 0 Å². The number of nitrogen functional groups attached to an aromatic ring is 1. The molecule has 0 amide bonds. The van der Waals surface area contributed by atoms with Gasteiger partial charge in [-0.15, -0.1) is 5.11 Å². The van der Waals surface area contributed by atoms with Gasteiger partial charge in [0.2, 0.25) is 0 Å². The number of aromatic hydroxyl groups is 2. The predicted octanol–water partition coefficient (Wildman–Crippen LogP) is 3.00. The van der Waals surface area contributed by atoms with Crippen LogP contribution in [-0.4, -0.2) is 23.2 Å². The van der Waals surface area contributed by atoms with Gasteiger partial charge in [-0.3, -0.25) is 4.55 Å². The number of halogens is 1. The number of anilines is 1. The highest BCUT2D eigenvalue weighted by molar-refractivity contribution is 7.86. The summed E-state index contributed by atoms with van der Waals surface area (Å²) in [7, 11) is -4.50. The normalized spacial score (nSPS) is 11.9. The average Bonchev–Trinajstić information content (AvgIpc) is 2.41. The van der Waals surface area contributed by atoms with Gasteiger partial charge in [0.05, 0.1) is 16.4 Å². The highest BCUT2D eigenvalue weighted by Gasteiger charge is 2.15. The van der Waals surface area contributed by atoms with Crippen LogP contribution in [-0.2, 0) is 10.1 Å². The van der Waals surface area contributed by atoms with Crippen molar-refractivity contribution < 1.29 is 23.2 Å². The molecular formula is C12H10ClN3O5S. The fraction of sp³-hybridized carbons (Fsp3) is 0. The molecule has 0 radical (unpaired) electrons. The van der Waals surface area contributed by atoms with E-state index < -0.39 is 15.0 Å². The van der Waals surface area contributed by atoms with E-state index in [0.29, 0.717) is 0 Å². The van der Waals surface area contributed by atoms with Crippen molar-refractivity contribution in [3.8, 4) is 11.5 Å². The van der Waals surface area contributed by atoms with Gasteiger partial charge in [-0.1, -0.05) is 11.6 Å². The highest BCUT2D eigenvalue weighted by Crippen LogP contribution is 2.36. The molecule has 2 aromatic carbocycles. The third kappa shape index (κ3) is 3.45. The number of phenolic OH excluding ortho intramolecular Hbond substituents is 2. The second kappa shape index (κ2) is 5.79. The Kier molecular flexibility index (Phi) is 4.22. The van der Waals surface area contributed by atoms with Gasteiger partial charge >= 0.3 is 0 Å². The van der Waals surface area contributed by atoms with Crippen molar-refractivity contribution >= 4 is 38.8 Å². The first-order valence-corrected chi connectivity index (χ1v) is 7.50. The van der Waals surface area contributed by atoms with Gasteiger partial charge in [0, 0.05) is 12.1 Å². The molecule has 0 spiro atoms. The summed E-state index contributed by atoms with van der Waals surface area (Å²) >= 11 is 5.66. The van der Waals surface area contributed by atoms with E-state index in [0.717, 1.165) is 18.2 Å². The van der Waals surface area contributed by atoms with E-state index in [9.17, 15) is 18.6 Å². The molecule has 116 valence electrons. The summed E-state index contributed by atoms with van der Waals surface area (Å²) in [5.41, 5.74) is 5.35. The largest absolute Gasteiger partial charge is 0.506 e. The third-order valence-electron chi connectivity index (χ3n) is 2.59. The number of nitrogens with zero attached hydrogens (tertiary/aromatic N) is 2. The lowest BCUT2D eigenvalue weighted by Crippen LogP contribution is -1.98. The summed E-state index contributed by atoms with van der Waals surface area (Å²) in [6, 6.07) is 5.77. The van der Waals surface area contributed by atoms with Crippen LogP contribution in [0.5, 0.6) is 11.5 Å². The topological polar surface area (TPSA) is 146 Å². The number of azo groups is 1. The molecule has 5 N–H and O–H groups in total. The van der Waals surface area contributed by atoms with Crippen molar-refractivity contribution in [1.29, 1.82) is 0 Å². The molecule has 2 rings (SSSR count). The smallest absolute Gasteiger partial charge is 0.296 e. The maximum atomic E-state index is 11.1. The first-order valence-electron chi connectivity index (χ1n) is 5.68. The summed E-state index contributed by atoms with van der Waals surface area (Å²) < 4.78 is 31.3. The monoisotopic (exact) mass is 343 g/mol. The Balaban J connectivity index is 2.41. The molecule has 0 aliphatic rings. The molecule has 0 aliphatic heterocycles. The fourth-order valence-electron chi connectivity index (χ4n) is 1.53. The van der Waals surface area contributed by atoms with Gasteiger partial charge in [0.1, 0.15) is 22.1 Å². The molecule has 0 bridgehead atoms. The van der Waals surface area contributed by atoms with Crippen LogP contribution in [0.2, 0.25) is 5.02 Å². The van der Waals surface area contributed by atoms with Crippen molar-refractivity contribution in [3.63, 3.8) is 0 Å². The Hall–Kier alpha value is -2.36. The fourth-order valence-corrected chi connectivity index (χ4v) is 2.52.